The summed E-state index contributed by atoms with van der Waals surface area (Å²) >= 11 is 3.33. The fraction of sp³-hybridized carbons (Fsp3) is 0.417. The van der Waals surface area contributed by atoms with Gasteiger partial charge in [0.2, 0.25) is 0 Å². The molecule has 16 heavy (non-hydrogen) atoms. The maximum atomic E-state index is 11.4. The van der Waals surface area contributed by atoms with Gasteiger partial charge in [-0.2, -0.15) is 0 Å². The van der Waals surface area contributed by atoms with Gasteiger partial charge in [-0.1, -0.05) is 29.3 Å². The number of hydrogen-bond donors (Lipinski definition) is 1. The number of nitrogens with one attached hydrogen (secondary N) is 1. The molecular weight excluding hydrogens is 270 g/mol. The number of halogens is 1. The lowest BCUT2D eigenvalue weighted by Crippen LogP contribution is -2.19. The summed E-state index contributed by atoms with van der Waals surface area (Å²) in [6.45, 7) is 3.96. The third-order valence-electron chi connectivity index (χ3n) is 2.09. The minimum absolute atomic E-state index is 0.0413. The lowest BCUT2D eigenvalue weighted by atomic mass is 10.2. The van der Waals surface area contributed by atoms with E-state index in [4.69, 9.17) is 4.74 Å². The molecule has 1 atom stereocenters. The van der Waals surface area contributed by atoms with Crippen molar-refractivity contribution in [1.82, 2.24) is 0 Å². The molecule has 0 aliphatic heterocycles. The summed E-state index contributed by atoms with van der Waals surface area (Å²) in [6, 6.07) is 7.36. The molecule has 0 fully saturated rings. The summed E-state index contributed by atoms with van der Waals surface area (Å²) in [5.74, 6) is 0. The van der Waals surface area contributed by atoms with E-state index in [9.17, 15) is 4.79 Å². The summed E-state index contributed by atoms with van der Waals surface area (Å²) in [5, 5.41) is 2.68. The molecule has 1 aromatic rings. The smallest absolute Gasteiger partial charge is 0.411 e. The van der Waals surface area contributed by atoms with Crippen LogP contribution in [-0.4, -0.2) is 12.2 Å². The van der Waals surface area contributed by atoms with Crippen molar-refractivity contribution >= 4 is 27.7 Å². The van der Waals surface area contributed by atoms with E-state index >= 15 is 0 Å². The molecule has 1 aromatic carbocycles. The van der Waals surface area contributed by atoms with Gasteiger partial charge in [-0.3, -0.25) is 5.32 Å². The van der Waals surface area contributed by atoms with Gasteiger partial charge in [0.1, 0.15) is 6.10 Å². The van der Waals surface area contributed by atoms with Crippen LogP contribution in [0.3, 0.4) is 0 Å². The summed E-state index contributed by atoms with van der Waals surface area (Å²) in [5.41, 5.74) is 0.733. The van der Waals surface area contributed by atoms with E-state index < -0.39 is 6.09 Å². The Morgan fingerprint density at radius 3 is 2.62 bits per heavy atom. The monoisotopic (exact) mass is 285 g/mol. The van der Waals surface area contributed by atoms with Crippen molar-refractivity contribution < 1.29 is 9.53 Å². The third kappa shape index (κ3) is 4.66. The first-order valence-electron chi connectivity index (χ1n) is 5.35. The number of amides is 1. The van der Waals surface area contributed by atoms with E-state index in [0.717, 1.165) is 23.0 Å². The first-order valence-corrected chi connectivity index (χ1v) is 6.14. The molecule has 1 rings (SSSR count). The normalized spacial score (nSPS) is 11.9. The highest BCUT2D eigenvalue weighted by Gasteiger charge is 2.08. The van der Waals surface area contributed by atoms with Crippen molar-refractivity contribution in [3.8, 4) is 0 Å². The molecule has 0 aliphatic carbocycles. The van der Waals surface area contributed by atoms with Crippen molar-refractivity contribution in [2.24, 2.45) is 0 Å². The Kier molecular flexibility index (Phi) is 5.32. The van der Waals surface area contributed by atoms with Gasteiger partial charge >= 0.3 is 6.09 Å². The fourth-order valence-corrected chi connectivity index (χ4v) is 1.59. The first-order chi connectivity index (χ1) is 7.61. The zero-order valence-corrected chi connectivity index (χ0v) is 11.1. The minimum atomic E-state index is -0.400. The number of carbonyl (C=O) groups excluding carboxylic acids is 1. The molecular formula is C12H16BrNO2. The first kappa shape index (κ1) is 13.0. The molecule has 0 saturated heterocycles. The minimum Gasteiger partial charge on any atom is -0.446 e. The highest BCUT2D eigenvalue weighted by molar-refractivity contribution is 9.10. The van der Waals surface area contributed by atoms with E-state index in [1.165, 1.54) is 0 Å². The number of benzene rings is 1. The van der Waals surface area contributed by atoms with Crippen molar-refractivity contribution in [2.45, 2.75) is 32.8 Å². The zero-order chi connectivity index (χ0) is 12.0. The van der Waals surface area contributed by atoms with Crippen LogP contribution < -0.4 is 5.32 Å². The molecule has 0 saturated carbocycles. The van der Waals surface area contributed by atoms with Gasteiger partial charge in [0, 0.05) is 10.2 Å². The number of rotatable bonds is 4. The van der Waals surface area contributed by atoms with Gasteiger partial charge in [-0.15, -0.1) is 0 Å². The topological polar surface area (TPSA) is 38.3 Å². The predicted molar refractivity (Wildman–Crippen MR) is 68.6 cm³/mol. The second-order valence-corrected chi connectivity index (χ2v) is 4.55. The molecule has 0 bridgehead atoms. The predicted octanol–water partition coefficient (Wildman–Crippen LogP) is 4.19. The molecule has 1 unspecified atom stereocenters. The van der Waals surface area contributed by atoms with E-state index in [-0.39, 0.29) is 6.10 Å². The van der Waals surface area contributed by atoms with Crippen LogP contribution in [0.4, 0.5) is 10.5 Å². The SMILES string of the molecule is CCCC(C)OC(=O)Nc1ccc(Br)cc1. The van der Waals surface area contributed by atoms with Crippen molar-refractivity contribution in [3.05, 3.63) is 28.7 Å². The Bertz CT molecular complexity index is 337. The lowest BCUT2D eigenvalue weighted by molar-refractivity contribution is 0.115. The molecule has 4 heteroatoms. The highest BCUT2D eigenvalue weighted by Crippen LogP contribution is 2.14. The van der Waals surface area contributed by atoms with Crippen LogP contribution in [0.5, 0.6) is 0 Å². The molecule has 0 radical (unpaired) electrons. The largest absolute Gasteiger partial charge is 0.446 e. The number of carbonyl (C=O) groups is 1. The van der Waals surface area contributed by atoms with Gasteiger partial charge in [0.05, 0.1) is 0 Å². The van der Waals surface area contributed by atoms with Crippen LogP contribution in [0.25, 0.3) is 0 Å². The summed E-state index contributed by atoms with van der Waals surface area (Å²) in [7, 11) is 0. The second-order valence-electron chi connectivity index (χ2n) is 3.64. The molecule has 1 N–H and O–H groups in total. The molecule has 0 aliphatic rings. The lowest BCUT2D eigenvalue weighted by Gasteiger charge is -2.12. The molecule has 3 nitrogen and oxygen atoms in total. The van der Waals surface area contributed by atoms with Crippen LogP contribution in [0.2, 0.25) is 0 Å². The maximum absolute atomic E-state index is 11.4. The zero-order valence-electron chi connectivity index (χ0n) is 9.50. The molecule has 0 heterocycles. The second kappa shape index (κ2) is 6.53. The van der Waals surface area contributed by atoms with E-state index in [0.29, 0.717) is 0 Å². The molecule has 88 valence electrons. The van der Waals surface area contributed by atoms with Gasteiger partial charge in [0.25, 0.3) is 0 Å². The number of hydrogen-bond acceptors (Lipinski definition) is 2. The van der Waals surface area contributed by atoms with Gasteiger partial charge in [-0.05, 0) is 37.6 Å². The Balaban J connectivity index is 2.42. The van der Waals surface area contributed by atoms with Crippen molar-refractivity contribution in [1.29, 1.82) is 0 Å². The standard InChI is InChI=1S/C12H16BrNO2/c1-3-4-9(2)16-12(15)14-11-7-5-10(13)6-8-11/h5-9H,3-4H2,1-2H3,(H,14,15). The molecule has 0 spiro atoms. The van der Waals surface area contributed by atoms with Crippen molar-refractivity contribution in [2.75, 3.05) is 5.32 Å². The van der Waals surface area contributed by atoms with E-state index in [1.54, 1.807) is 0 Å². The summed E-state index contributed by atoms with van der Waals surface area (Å²) in [4.78, 5) is 11.4. The maximum Gasteiger partial charge on any atom is 0.411 e. The van der Waals surface area contributed by atoms with Crippen LogP contribution >= 0.6 is 15.9 Å². The Morgan fingerprint density at radius 2 is 2.06 bits per heavy atom. The molecule has 1 amide bonds. The fourth-order valence-electron chi connectivity index (χ4n) is 1.33. The Morgan fingerprint density at radius 1 is 1.44 bits per heavy atom. The van der Waals surface area contributed by atoms with Crippen LogP contribution in [0.15, 0.2) is 28.7 Å². The highest BCUT2D eigenvalue weighted by atomic mass is 79.9. The van der Waals surface area contributed by atoms with Gasteiger partial charge in [0.15, 0.2) is 0 Å². The van der Waals surface area contributed by atoms with Crippen molar-refractivity contribution in [3.63, 3.8) is 0 Å². The third-order valence-corrected chi connectivity index (χ3v) is 2.62. The Hall–Kier alpha value is -1.03. The van der Waals surface area contributed by atoms with Gasteiger partial charge in [-0.25, -0.2) is 4.79 Å². The van der Waals surface area contributed by atoms with Crippen LogP contribution in [-0.2, 0) is 4.74 Å². The molecule has 0 aromatic heterocycles. The quantitative estimate of drug-likeness (QED) is 0.901. The van der Waals surface area contributed by atoms with E-state index in [2.05, 4.69) is 28.2 Å². The van der Waals surface area contributed by atoms with E-state index in [1.807, 2.05) is 31.2 Å². The average molecular weight is 286 g/mol. The number of anilines is 1. The van der Waals surface area contributed by atoms with Crippen LogP contribution in [0, 0.1) is 0 Å². The number of ether oxygens (including phenoxy) is 1. The van der Waals surface area contributed by atoms with Crippen LogP contribution in [0.1, 0.15) is 26.7 Å². The Labute approximate surface area is 104 Å². The van der Waals surface area contributed by atoms with Gasteiger partial charge < -0.3 is 4.74 Å². The average Bonchev–Trinajstić information content (AvgIpc) is 2.21. The summed E-state index contributed by atoms with van der Waals surface area (Å²) in [6.07, 6.45) is 1.45. The summed E-state index contributed by atoms with van der Waals surface area (Å²) < 4.78 is 6.14.